The van der Waals surface area contributed by atoms with E-state index in [0.717, 1.165) is 0 Å². The second-order valence-electron chi connectivity index (χ2n) is 5.26. The molecule has 1 aliphatic rings. The number of hydrogen-bond acceptors (Lipinski definition) is 7. The molecule has 0 bridgehead atoms. The van der Waals surface area contributed by atoms with E-state index in [2.05, 4.69) is 0 Å². The van der Waals surface area contributed by atoms with Gasteiger partial charge in [0.2, 0.25) is 0 Å². The summed E-state index contributed by atoms with van der Waals surface area (Å²) in [7, 11) is 1.30. The molecule has 0 spiro atoms. The first-order valence-electron chi connectivity index (χ1n) is 6.50. The van der Waals surface area contributed by atoms with Gasteiger partial charge in [0.1, 0.15) is 0 Å². The summed E-state index contributed by atoms with van der Waals surface area (Å²) in [6.07, 6.45) is 0.0160. The maximum atomic E-state index is 11.9. The minimum absolute atomic E-state index is 0.0160. The molecule has 0 aromatic heterocycles. The summed E-state index contributed by atoms with van der Waals surface area (Å²) >= 11 is 0. The van der Waals surface area contributed by atoms with Gasteiger partial charge >= 0.3 is 17.6 Å². The summed E-state index contributed by atoms with van der Waals surface area (Å²) in [6.45, 7) is 2.93. The molecule has 0 saturated carbocycles. The number of methoxy groups -OCH3 is 1. The van der Waals surface area contributed by atoms with Crippen LogP contribution in [-0.2, 0) is 25.5 Å². The Morgan fingerprint density at radius 2 is 1.86 bits per heavy atom. The molecule has 1 aromatic carbocycles. The number of cyclic esters (lactones) is 2. The first kappa shape index (κ1) is 15.7. The van der Waals surface area contributed by atoms with E-state index < -0.39 is 28.6 Å². The highest BCUT2D eigenvalue weighted by atomic mass is 16.7. The third-order valence-corrected chi connectivity index (χ3v) is 3.14. The molecule has 1 aromatic rings. The van der Waals surface area contributed by atoms with Crippen LogP contribution >= 0.6 is 0 Å². The number of carbonyl (C=O) groups is 2. The molecule has 8 nitrogen and oxygen atoms in total. The molecule has 0 radical (unpaired) electrons. The van der Waals surface area contributed by atoms with Crippen molar-refractivity contribution in [3.05, 3.63) is 33.9 Å². The van der Waals surface area contributed by atoms with Crippen molar-refractivity contribution in [2.75, 3.05) is 7.11 Å². The van der Waals surface area contributed by atoms with Crippen LogP contribution in [0.5, 0.6) is 5.75 Å². The van der Waals surface area contributed by atoms with Gasteiger partial charge in [-0.3, -0.25) is 19.7 Å². The van der Waals surface area contributed by atoms with Crippen LogP contribution < -0.4 is 4.74 Å². The standard InChI is InChI=1S/C14H15NO7/c1-14(2)21-12(16)9(13(17)22-14)6-8-4-5-10(15(18)19)11(7-8)20-3/h4-5,7,9H,6H2,1-3H3. The SMILES string of the molecule is COc1cc(CC2C(=O)OC(C)(C)OC2=O)ccc1[N+](=O)[O-]. The average molecular weight is 309 g/mol. The van der Waals surface area contributed by atoms with Crippen molar-refractivity contribution < 1.29 is 28.7 Å². The summed E-state index contributed by atoms with van der Waals surface area (Å²) in [5.74, 6) is -3.69. The molecule has 1 saturated heterocycles. The van der Waals surface area contributed by atoms with Crippen LogP contribution in [0, 0.1) is 16.0 Å². The van der Waals surface area contributed by atoms with E-state index in [4.69, 9.17) is 14.2 Å². The summed E-state index contributed by atoms with van der Waals surface area (Å²) in [4.78, 5) is 34.0. The van der Waals surface area contributed by atoms with Gasteiger partial charge < -0.3 is 14.2 Å². The first-order valence-corrected chi connectivity index (χ1v) is 6.50. The van der Waals surface area contributed by atoms with Gasteiger partial charge in [0.25, 0.3) is 5.79 Å². The molecular weight excluding hydrogens is 294 g/mol. The number of rotatable bonds is 4. The second kappa shape index (κ2) is 5.63. The lowest BCUT2D eigenvalue weighted by Gasteiger charge is -2.32. The Labute approximate surface area is 126 Å². The minimum Gasteiger partial charge on any atom is -0.490 e. The molecule has 1 heterocycles. The number of ether oxygens (including phenoxy) is 3. The van der Waals surface area contributed by atoms with E-state index in [1.807, 2.05) is 0 Å². The van der Waals surface area contributed by atoms with Crippen molar-refractivity contribution in [1.29, 1.82) is 0 Å². The van der Waals surface area contributed by atoms with Crippen molar-refractivity contribution in [1.82, 2.24) is 0 Å². The zero-order chi connectivity index (χ0) is 16.5. The van der Waals surface area contributed by atoms with Crippen LogP contribution in [0.25, 0.3) is 0 Å². The Kier molecular flexibility index (Phi) is 4.03. The third kappa shape index (κ3) is 3.16. The normalized spacial score (nSPS) is 17.6. The quantitative estimate of drug-likeness (QED) is 0.360. The Morgan fingerprint density at radius 1 is 1.27 bits per heavy atom. The van der Waals surface area contributed by atoms with Crippen LogP contribution in [0.3, 0.4) is 0 Å². The van der Waals surface area contributed by atoms with Gasteiger partial charge in [-0.2, -0.15) is 0 Å². The molecule has 0 unspecified atom stereocenters. The predicted molar refractivity (Wildman–Crippen MR) is 73.1 cm³/mol. The van der Waals surface area contributed by atoms with Crippen molar-refractivity contribution in [3.8, 4) is 5.75 Å². The summed E-state index contributed by atoms with van der Waals surface area (Å²) < 4.78 is 15.0. The Balaban J connectivity index is 2.22. The zero-order valence-corrected chi connectivity index (χ0v) is 12.3. The average Bonchev–Trinajstić information content (AvgIpc) is 2.41. The summed E-state index contributed by atoms with van der Waals surface area (Å²) in [5.41, 5.74) is 0.335. The topological polar surface area (TPSA) is 105 Å². The van der Waals surface area contributed by atoms with E-state index in [1.165, 1.54) is 39.2 Å². The number of carbonyl (C=O) groups excluding carboxylic acids is 2. The van der Waals surface area contributed by atoms with Gasteiger partial charge in [0, 0.05) is 19.9 Å². The van der Waals surface area contributed by atoms with E-state index in [9.17, 15) is 19.7 Å². The monoisotopic (exact) mass is 309 g/mol. The number of nitro benzene ring substituents is 1. The smallest absolute Gasteiger partial charge is 0.323 e. The fourth-order valence-corrected chi connectivity index (χ4v) is 2.15. The van der Waals surface area contributed by atoms with Crippen LogP contribution in [0.1, 0.15) is 19.4 Å². The maximum absolute atomic E-state index is 11.9. The Hall–Kier alpha value is -2.64. The molecule has 118 valence electrons. The lowest BCUT2D eigenvalue weighted by molar-refractivity contribution is -0.385. The summed E-state index contributed by atoms with van der Waals surface area (Å²) in [5, 5.41) is 10.8. The minimum atomic E-state index is -1.28. The fraction of sp³-hybridized carbons (Fsp3) is 0.429. The Morgan fingerprint density at radius 3 is 2.36 bits per heavy atom. The van der Waals surface area contributed by atoms with E-state index in [-0.39, 0.29) is 17.9 Å². The van der Waals surface area contributed by atoms with E-state index in [0.29, 0.717) is 5.56 Å². The van der Waals surface area contributed by atoms with Crippen LogP contribution in [0.15, 0.2) is 18.2 Å². The highest BCUT2D eigenvalue weighted by Gasteiger charge is 2.43. The molecule has 8 heteroatoms. The predicted octanol–water partition coefficient (Wildman–Crippen LogP) is 1.60. The maximum Gasteiger partial charge on any atom is 0.323 e. The molecule has 0 aliphatic carbocycles. The van der Waals surface area contributed by atoms with Crippen molar-refractivity contribution >= 4 is 17.6 Å². The zero-order valence-electron chi connectivity index (χ0n) is 12.3. The molecule has 1 fully saturated rings. The molecule has 0 atom stereocenters. The van der Waals surface area contributed by atoms with E-state index in [1.54, 1.807) is 0 Å². The third-order valence-electron chi connectivity index (χ3n) is 3.14. The molecule has 22 heavy (non-hydrogen) atoms. The fourth-order valence-electron chi connectivity index (χ4n) is 2.15. The molecule has 1 aliphatic heterocycles. The van der Waals surface area contributed by atoms with Gasteiger partial charge in [-0.15, -0.1) is 0 Å². The first-order chi connectivity index (χ1) is 10.2. The number of nitrogens with zero attached hydrogens (tertiary/aromatic N) is 1. The highest BCUT2D eigenvalue weighted by molar-refractivity contribution is 5.97. The second-order valence-corrected chi connectivity index (χ2v) is 5.26. The molecule has 0 N–H and O–H groups in total. The van der Waals surface area contributed by atoms with Gasteiger partial charge in [-0.1, -0.05) is 6.07 Å². The van der Waals surface area contributed by atoms with Crippen molar-refractivity contribution in [2.24, 2.45) is 5.92 Å². The van der Waals surface area contributed by atoms with Crippen LogP contribution in [0.2, 0.25) is 0 Å². The van der Waals surface area contributed by atoms with Crippen molar-refractivity contribution in [2.45, 2.75) is 26.1 Å². The lowest BCUT2D eigenvalue weighted by Crippen LogP contribution is -2.46. The van der Waals surface area contributed by atoms with Gasteiger partial charge in [0.05, 0.1) is 12.0 Å². The molecular formula is C14H15NO7. The van der Waals surface area contributed by atoms with Gasteiger partial charge in [-0.25, -0.2) is 0 Å². The number of nitro groups is 1. The molecule has 0 amide bonds. The van der Waals surface area contributed by atoms with E-state index >= 15 is 0 Å². The summed E-state index contributed by atoms with van der Waals surface area (Å²) in [6, 6.07) is 4.14. The largest absolute Gasteiger partial charge is 0.490 e. The van der Waals surface area contributed by atoms with Crippen molar-refractivity contribution in [3.63, 3.8) is 0 Å². The lowest BCUT2D eigenvalue weighted by atomic mass is 9.98. The number of benzene rings is 1. The number of esters is 2. The molecule has 2 rings (SSSR count). The Bertz CT molecular complexity index is 618. The van der Waals surface area contributed by atoms with Gasteiger partial charge in [-0.05, 0) is 18.1 Å². The van der Waals surface area contributed by atoms with Crippen LogP contribution in [-0.4, -0.2) is 29.8 Å². The van der Waals surface area contributed by atoms with Crippen LogP contribution in [0.4, 0.5) is 5.69 Å². The van der Waals surface area contributed by atoms with Gasteiger partial charge in [0.15, 0.2) is 11.7 Å². The highest BCUT2D eigenvalue weighted by Crippen LogP contribution is 2.30. The number of hydrogen-bond donors (Lipinski definition) is 0.